The van der Waals surface area contributed by atoms with Gasteiger partial charge in [-0.2, -0.15) is 0 Å². The number of amides is 2. The molecule has 2 amide bonds. The normalized spacial score (nSPS) is 9.90. The molecule has 0 aliphatic rings. The van der Waals surface area contributed by atoms with Crippen molar-refractivity contribution in [2.24, 2.45) is 0 Å². The van der Waals surface area contributed by atoms with E-state index < -0.39 is 0 Å². The Hall–Kier alpha value is -2.69. The summed E-state index contributed by atoms with van der Waals surface area (Å²) in [6.07, 6.45) is 1.92. The summed E-state index contributed by atoms with van der Waals surface area (Å²) in [7, 11) is 0. The predicted octanol–water partition coefficient (Wildman–Crippen LogP) is 1.52. The molecule has 2 rings (SSSR count). The minimum absolute atomic E-state index is 0.117. The largest absolute Gasteiger partial charge is 0.352 e. The number of hydrogen-bond donors (Lipinski definition) is 2. The molecule has 1 aromatic carbocycles. The third-order valence-corrected chi connectivity index (χ3v) is 2.87. The van der Waals surface area contributed by atoms with E-state index in [1.165, 1.54) is 0 Å². The Morgan fingerprint density at radius 2 is 1.71 bits per heavy atom. The molecule has 0 radical (unpaired) electrons. The van der Waals surface area contributed by atoms with Gasteiger partial charge < -0.3 is 10.6 Å². The van der Waals surface area contributed by atoms with Crippen molar-refractivity contribution >= 4 is 11.8 Å². The zero-order valence-electron chi connectivity index (χ0n) is 11.6. The molecule has 0 atom stereocenters. The van der Waals surface area contributed by atoms with Gasteiger partial charge in [-0.05, 0) is 24.3 Å². The molecule has 0 fully saturated rings. The van der Waals surface area contributed by atoms with Crippen LogP contribution in [0.15, 0.2) is 54.7 Å². The van der Waals surface area contributed by atoms with Crippen LogP contribution >= 0.6 is 0 Å². The van der Waals surface area contributed by atoms with E-state index in [1.54, 1.807) is 30.5 Å². The summed E-state index contributed by atoms with van der Waals surface area (Å²) in [4.78, 5) is 27.5. The molecule has 0 unspecified atom stereocenters. The summed E-state index contributed by atoms with van der Waals surface area (Å²) in [5.41, 5.74) is 1.39. The van der Waals surface area contributed by atoms with E-state index >= 15 is 0 Å². The summed E-state index contributed by atoms with van der Waals surface area (Å²) in [6, 6.07) is 14.5. The third kappa shape index (κ3) is 5.06. The zero-order valence-corrected chi connectivity index (χ0v) is 11.6. The van der Waals surface area contributed by atoms with Crippen molar-refractivity contribution in [3.8, 4) is 0 Å². The number of rotatable bonds is 6. The van der Waals surface area contributed by atoms with Crippen LogP contribution in [0.3, 0.4) is 0 Å². The molecule has 0 aliphatic heterocycles. The second-order valence-corrected chi connectivity index (χ2v) is 4.47. The van der Waals surface area contributed by atoms with Gasteiger partial charge in [-0.1, -0.05) is 24.3 Å². The van der Waals surface area contributed by atoms with E-state index in [9.17, 15) is 9.59 Å². The van der Waals surface area contributed by atoms with Gasteiger partial charge in [0.05, 0.1) is 12.2 Å². The zero-order chi connectivity index (χ0) is 14.9. The van der Waals surface area contributed by atoms with E-state index in [0.717, 1.165) is 5.69 Å². The number of pyridine rings is 1. The number of carbonyl (C=O) groups excluding carboxylic acids is 2. The second kappa shape index (κ2) is 7.79. The highest BCUT2D eigenvalue weighted by Gasteiger charge is 2.06. The number of nitrogens with one attached hydrogen (secondary N) is 2. The quantitative estimate of drug-likeness (QED) is 0.844. The fourth-order valence-electron chi connectivity index (χ4n) is 1.76. The first-order valence-corrected chi connectivity index (χ1v) is 6.75. The van der Waals surface area contributed by atoms with Gasteiger partial charge in [0.2, 0.25) is 5.91 Å². The fraction of sp³-hybridized carbons (Fsp3) is 0.188. The Morgan fingerprint density at radius 1 is 0.952 bits per heavy atom. The highest BCUT2D eigenvalue weighted by Crippen LogP contribution is 1.97. The van der Waals surface area contributed by atoms with E-state index in [2.05, 4.69) is 15.6 Å². The first kappa shape index (κ1) is 14.7. The number of nitrogens with zero attached hydrogens (tertiary/aromatic N) is 1. The molecule has 108 valence electrons. The molecular formula is C16H17N3O2. The number of carbonyl (C=O) groups is 2. The summed E-state index contributed by atoms with van der Waals surface area (Å²) in [5.74, 6) is -0.290. The van der Waals surface area contributed by atoms with Crippen LogP contribution in [-0.4, -0.2) is 23.3 Å². The minimum atomic E-state index is -0.173. The van der Waals surface area contributed by atoms with Gasteiger partial charge in [-0.25, -0.2) is 0 Å². The lowest BCUT2D eigenvalue weighted by molar-refractivity contribution is -0.121. The predicted molar refractivity (Wildman–Crippen MR) is 79.5 cm³/mol. The molecule has 0 saturated carbocycles. The van der Waals surface area contributed by atoms with Crippen LogP contribution in [-0.2, 0) is 11.3 Å². The Morgan fingerprint density at radius 3 is 2.43 bits per heavy atom. The summed E-state index contributed by atoms with van der Waals surface area (Å²) in [6.45, 7) is 0.702. The van der Waals surface area contributed by atoms with Gasteiger partial charge in [0.15, 0.2) is 0 Å². The van der Waals surface area contributed by atoms with Crippen molar-refractivity contribution in [2.45, 2.75) is 13.0 Å². The van der Waals surface area contributed by atoms with E-state index in [-0.39, 0.29) is 18.2 Å². The number of aromatic nitrogens is 1. The molecule has 0 aliphatic carbocycles. The molecule has 0 bridgehead atoms. The van der Waals surface area contributed by atoms with Crippen molar-refractivity contribution in [2.75, 3.05) is 6.54 Å². The van der Waals surface area contributed by atoms with Gasteiger partial charge in [0.25, 0.3) is 5.91 Å². The monoisotopic (exact) mass is 283 g/mol. The Kier molecular flexibility index (Phi) is 5.46. The van der Waals surface area contributed by atoms with Crippen molar-refractivity contribution < 1.29 is 9.59 Å². The van der Waals surface area contributed by atoms with Crippen LogP contribution in [0.1, 0.15) is 22.5 Å². The molecule has 5 heteroatoms. The molecule has 2 aromatic rings. The standard InChI is InChI=1S/C16H17N3O2/c20-15(19-12-14-8-4-5-10-17-14)9-11-18-16(21)13-6-2-1-3-7-13/h1-8,10H,9,11-12H2,(H,18,21)(H,19,20). The van der Waals surface area contributed by atoms with Gasteiger partial charge in [0.1, 0.15) is 0 Å². The van der Waals surface area contributed by atoms with E-state index in [1.807, 2.05) is 24.3 Å². The molecule has 5 nitrogen and oxygen atoms in total. The topological polar surface area (TPSA) is 71.1 Å². The fourth-order valence-corrected chi connectivity index (χ4v) is 1.76. The van der Waals surface area contributed by atoms with Crippen molar-refractivity contribution in [1.82, 2.24) is 15.6 Å². The lowest BCUT2D eigenvalue weighted by Gasteiger charge is -2.06. The van der Waals surface area contributed by atoms with Crippen LogP contribution in [0.25, 0.3) is 0 Å². The molecule has 2 N–H and O–H groups in total. The maximum Gasteiger partial charge on any atom is 0.251 e. The van der Waals surface area contributed by atoms with Gasteiger partial charge >= 0.3 is 0 Å². The maximum atomic E-state index is 11.8. The van der Waals surface area contributed by atoms with E-state index in [0.29, 0.717) is 18.7 Å². The van der Waals surface area contributed by atoms with Crippen LogP contribution < -0.4 is 10.6 Å². The summed E-state index contributed by atoms with van der Waals surface area (Å²) < 4.78 is 0. The number of hydrogen-bond acceptors (Lipinski definition) is 3. The highest BCUT2D eigenvalue weighted by atomic mass is 16.2. The average Bonchev–Trinajstić information content (AvgIpc) is 2.54. The van der Waals surface area contributed by atoms with Crippen molar-refractivity contribution in [3.05, 3.63) is 66.0 Å². The molecule has 0 spiro atoms. The van der Waals surface area contributed by atoms with E-state index in [4.69, 9.17) is 0 Å². The molecule has 21 heavy (non-hydrogen) atoms. The van der Waals surface area contributed by atoms with Crippen LogP contribution in [0, 0.1) is 0 Å². The second-order valence-electron chi connectivity index (χ2n) is 4.47. The smallest absolute Gasteiger partial charge is 0.251 e. The first-order valence-electron chi connectivity index (χ1n) is 6.75. The lowest BCUT2D eigenvalue weighted by Crippen LogP contribution is -2.30. The average molecular weight is 283 g/mol. The van der Waals surface area contributed by atoms with Crippen LogP contribution in [0.5, 0.6) is 0 Å². The minimum Gasteiger partial charge on any atom is -0.352 e. The van der Waals surface area contributed by atoms with Gasteiger partial charge in [0, 0.05) is 24.7 Å². The lowest BCUT2D eigenvalue weighted by atomic mass is 10.2. The van der Waals surface area contributed by atoms with Crippen molar-refractivity contribution in [3.63, 3.8) is 0 Å². The Balaban J connectivity index is 1.66. The molecule has 1 heterocycles. The maximum absolute atomic E-state index is 11.8. The molecule has 0 saturated heterocycles. The van der Waals surface area contributed by atoms with Gasteiger partial charge in [-0.3, -0.25) is 14.6 Å². The summed E-state index contributed by atoms with van der Waals surface area (Å²) >= 11 is 0. The summed E-state index contributed by atoms with van der Waals surface area (Å²) in [5, 5.41) is 5.47. The first-order chi connectivity index (χ1) is 10.3. The number of benzene rings is 1. The Bertz CT molecular complexity index is 585. The van der Waals surface area contributed by atoms with Crippen LogP contribution in [0.4, 0.5) is 0 Å². The highest BCUT2D eigenvalue weighted by molar-refractivity contribution is 5.94. The van der Waals surface area contributed by atoms with Gasteiger partial charge in [-0.15, -0.1) is 0 Å². The third-order valence-electron chi connectivity index (χ3n) is 2.87. The van der Waals surface area contributed by atoms with Crippen LogP contribution in [0.2, 0.25) is 0 Å². The van der Waals surface area contributed by atoms with Crippen molar-refractivity contribution in [1.29, 1.82) is 0 Å². The Labute approximate surface area is 123 Å². The molecule has 1 aromatic heterocycles. The molecular weight excluding hydrogens is 266 g/mol. The SMILES string of the molecule is O=C(CCNC(=O)c1ccccc1)NCc1ccccn1.